The van der Waals surface area contributed by atoms with Gasteiger partial charge in [0.2, 0.25) is 5.91 Å². The molecule has 4 nitrogen and oxygen atoms in total. The van der Waals surface area contributed by atoms with Gasteiger partial charge < -0.3 is 10.2 Å². The van der Waals surface area contributed by atoms with Gasteiger partial charge in [0.25, 0.3) is 0 Å². The zero-order valence-electron chi connectivity index (χ0n) is 11.8. The number of carbonyl (C=O) groups excluding carboxylic acids is 1. The van der Waals surface area contributed by atoms with Crippen LogP contribution in [0.25, 0.3) is 0 Å². The second-order valence-corrected chi connectivity index (χ2v) is 6.78. The summed E-state index contributed by atoms with van der Waals surface area (Å²) in [6.07, 6.45) is 0. The van der Waals surface area contributed by atoms with Crippen molar-refractivity contribution in [1.82, 2.24) is 15.1 Å². The molecular formula is C13H21Cl2N3OS. The maximum Gasteiger partial charge on any atom is 0.236 e. The molecule has 1 aromatic rings. The van der Waals surface area contributed by atoms with Crippen LogP contribution in [0.5, 0.6) is 0 Å². The largest absolute Gasteiger partial charge is 0.340 e. The zero-order chi connectivity index (χ0) is 13.8. The zero-order valence-corrected chi connectivity index (χ0v) is 14.2. The molecule has 0 saturated carbocycles. The second kappa shape index (κ2) is 8.20. The normalized spacial score (nSPS) is 19.4. The van der Waals surface area contributed by atoms with Crippen molar-refractivity contribution in [2.24, 2.45) is 0 Å². The number of hydrogen-bond donors (Lipinski definition) is 1. The highest BCUT2D eigenvalue weighted by atomic mass is 35.5. The first-order chi connectivity index (χ1) is 9.06. The number of likely N-dealkylation sites (N-methyl/N-ethyl adjacent to an activating group) is 1. The topological polar surface area (TPSA) is 35.6 Å². The molecule has 2 heterocycles. The van der Waals surface area contributed by atoms with E-state index in [0.29, 0.717) is 19.1 Å². The minimum absolute atomic E-state index is 0. The van der Waals surface area contributed by atoms with E-state index >= 15 is 0 Å². The lowest BCUT2D eigenvalue weighted by Gasteiger charge is -2.34. The van der Waals surface area contributed by atoms with Gasteiger partial charge in [0.15, 0.2) is 0 Å². The van der Waals surface area contributed by atoms with E-state index in [9.17, 15) is 4.79 Å². The van der Waals surface area contributed by atoms with Crippen molar-refractivity contribution in [3.05, 3.63) is 21.3 Å². The summed E-state index contributed by atoms with van der Waals surface area (Å²) in [5.74, 6) is 0.165. The molecule has 1 aromatic heterocycles. The molecule has 0 spiro atoms. The fourth-order valence-corrected chi connectivity index (χ4v) is 3.31. The van der Waals surface area contributed by atoms with Crippen LogP contribution in [0.2, 0.25) is 4.34 Å². The standard InChI is InChI=1S/C13H20ClN3OS.ClH/c1-10-7-15-5-6-17(10)9-13(18)16(2)8-11-3-4-12(14)19-11;/h3-4,10,15H,5-9H2,1-2H3;1H. The predicted octanol–water partition coefficient (Wildman–Crippen LogP) is 2.08. The molecule has 0 radical (unpaired) electrons. The van der Waals surface area contributed by atoms with Gasteiger partial charge in [-0.2, -0.15) is 0 Å². The summed E-state index contributed by atoms with van der Waals surface area (Å²) in [6.45, 7) is 6.14. The SMILES string of the molecule is CC1CNCCN1CC(=O)N(C)Cc1ccc(Cl)s1.Cl. The van der Waals surface area contributed by atoms with Gasteiger partial charge >= 0.3 is 0 Å². The molecule has 1 aliphatic rings. The van der Waals surface area contributed by atoms with Crippen LogP contribution in [0.4, 0.5) is 0 Å². The number of carbonyl (C=O) groups is 1. The summed E-state index contributed by atoms with van der Waals surface area (Å²) in [5.41, 5.74) is 0. The monoisotopic (exact) mass is 337 g/mol. The summed E-state index contributed by atoms with van der Waals surface area (Å²) in [5, 5.41) is 3.33. The summed E-state index contributed by atoms with van der Waals surface area (Å²) >= 11 is 7.43. The molecule has 1 fully saturated rings. The number of hydrogen-bond acceptors (Lipinski definition) is 4. The Labute approximate surface area is 135 Å². The molecular weight excluding hydrogens is 317 g/mol. The van der Waals surface area contributed by atoms with E-state index < -0.39 is 0 Å². The van der Waals surface area contributed by atoms with Crippen LogP contribution >= 0.6 is 35.3 Å². The van der Waals surface area contributed by atoms with E-state index in [2.05, 4.69) is 17.1 Å². The average molecular weight is 338 g/mol. The van der Waals surface area contributed by atoms with Crippen molar-refractivity contribution in [2.45, 2.75) is 19.5 Å². The molecule has 7 heteroatoms. The Kier molecular flexibility index (Phi) is 7.26. The van der Waals surface area contributed by atoms with Crippen LogP contribution in [0.15, 0.2) is 12.1 Å². The van der Waals surface area contributed by atoms with Gasteiger partial charge in [-0.15, -0.1) is 23.7 Å². The smallest absolute Gasteiger partial charge is 0.236 e. The Bertz CT molecular complexity index is 441. The lowest BCUT2D eigenvalue weighted by Crippen LogP contribution is -2.52. The van der Waals surface area contributed by atoms with E-state index in [-0.39, 0.29) is 18.3 Å². The molecule has 1 saturated heterocycles. The molecule has 1 unspecified atom stereocenters. The number of nitrogens with one attached hydrogen (secondary N) is 1. The summed E-state index contributed by atoms with van der Waals surface area (Å²) in [7, 11) is 1.85. The van der Waals surface area contributed by atoms with Gasteiger partial charge in [0.1, 0.15) is 0 Å². The van der Waals surface area contributed by atoms with E-state index in [0.717, 1.165) is 28.8 Å². The number of rotatable bonds is 4. The Morgan fingerprint density at radius 1 is 1.60 bits per heavy atom. The Hall–Kier alpha value is -0.330. The van der Waals surface area contributed by atoms with Crippen LogP contribution in [0.1, 0.15) is 11.8 Å². The average Bonchev–Trinajstić information content (AvgIpc) is 2.77. The van der Waals surface area contributed by atoms with Crippen LogP contribution < -0.4 is 5.32 Å². The highest BCUT2D eigenvalue weighted by Crippen LogP contribution is 2.22. The van der Waals surface area contributed by atoms with Crippen molar-refractivity contribution in [3.63, 3.8) is 0 Å². The minimum Gasteiger partial charge on any atom is -0.340 e. The molecule has 1 amide bonds. The van der Waals surface area contributed by atoms with Gasteiger partial charge in [0.05, 0.1) is 17.4 Å². The summed E-state index contributed by atoms with van der Waals surface area (Å²) in [6, 6.07) is 4.27. The third-order valence-corrected chi connectivity index (χ3v) is 4.64. The van der Waals surface area contributed by atoms with Crippen molar-refractivity contribution >= 4 is 41.3 Å². The number of thiophene rings is 1. The van der Waals surface area contributed by atoms with Crippen molar-refractivity contribution in [1.29, 1.82) is 0 Å². The summed E-state index contributed by atoms with van der Waals surface area (Å²) in [4.78, 5) is 17.3. The molecule has 114 valence electrons. The third kappa shape index (κ3) is 4.90. The molecule has 0 aliphatic carbocycles. The first-order valence-corrected chi connectivity index (χ1v) is 7.68. The van der Waals surface area contributed by atoms with Crippen LogP contribution in [0, 0.1) is 0 Å². The van der Waals surface area contributed by atoms with Gasteiger partial charge in [-0.1, -0.05) is 11.6 Å². The number of piperazine rings is 1. The highest BCUT2D eigenvalue weighted by Gasteiger charge is 2.22. The first kappa shape index (κ1) is 17.7. The Morgan fingerprint density at radius 3 is 2.95 bits per heavy atom. The van der Waals surface area contributed by atoms with E-state index in [1.807, 2.05) is 19.2 Å². The van der Waals surface area contributed by atoms with E-state index in [4.69, 9.17) is 11.6 Å². The van der Waals surface area contributed by atoms with Gasteiger partial charge in [0, 0.05) is 37.6 Å². The molecule has 0 aromatic carbocycles. The van der Waals surface area contributed by atoms with Crippen LogP contribution in [-0.2, 0) is 11.3 Å². The van der Waals surface area contributed by atoms with Gasteiger partial charge in [-0.05, 0) is 19.1 Å². The fraction of sp³-hybridized carbons (Fsp3) is 0.615. The molecule has 0 bridgehead atoms. The molecule has 2 rings (SSSR count). The lowest BCUT2D eigenvalue weighted by atomic mass is 10.2. The number of halogens is 2. The van der Waals surface area contributed by atoms with Crippen molar-refractivity contribution < 1.29 is 4.79 Å². The van der Waals surface area contributed by atoms with E-state index in [1.54, 1.807) is 4.90 Å². The fourth-order valence-electron chi connectivity index (χ4n) is 2.17. The Morgan fingerprint density at radius 2 is 2.35 bits per heavy atom. The summed E-state index contributed by atoms with van der Waals surface area (Å²) < 4.78 is 0.770. The maximum absolute atomic E-state index is 12.2. The molecule has 1 N–H and O–H groups in total. The lowest BCUT2D eigenvalue weighted by molar-refractivity contribution is -0.132. The highest BCUT2D eigenvalue weighted by molar-refractivity contribution is 7.16. The van der Waals surface area contributed by atoms with Gasteiger partial charge in [-0.3, -0.25) is 9.69 Å². The first-order valence-electron chi connectivity index (χ1n) is 6.49. The molecule has 20 heavy (non-hydrogen) atoms. The minimum atomic E-state index is 0. The predicted molar refractivity (Wildman–Crippen MR) is 87.0 cm³/mol. The van der Waals surface area contributed by atoms with E-state index in [1.165, 1.54) is 11.3 Å². The maximum atomic E-state index is 12.2. The Balaban J connectivity index is 0.00000200. The van der Waals surface area contributed by atoms with Crippen molar-refractivity contribution in [3.8, 4) is 0 Å². The molecule has 1 atom stereocenters. The van der Waals surface area contributed by atoms with Crippen LogP contribution in [-0.4, -0.2) is 55.0 Å². The second-order valence-electron chi connectivity index (χ2n) is 4.98. The number of amides is 1. The van der Waals surface area contributed by atoms with Crippen LogP contribution in [0.3, 0.4) is 0 Å². The van der Waals surface area contributed by atoms with Gasteiger partial charge in [-0.25, -0.2) is 0 Å². The number of nitrogens with zero attached hydrogens (tertiary/aromatic N) is 2. The quantitative estimate of drug-likeness (QED) is 0.913. The van der Waals surface area contributed by atoms with Crippen molar-refractivity contribution in [2.75, 3.05) is 33.2 Å². The third-order valence-electron chi connectivity index (χ3n) is 3.42. The molecule has 1 aliphatic heterocycles.